The van der Waals surface area contributed by atoms with Crippen molar-refractivity contribution in [3.63, 3.8) is 0 Å². The third-order valence-electron chi connectivity index (χ3n) is 8.54. The molecule has 40 heavy (non-hydrogen) atoms. The molecule has 2 aliphatic carbocycles. The zero-order chi connectivity index (χ0) is 28.6. The summed E-state index contributed by atoms with van der Waals surface area (Å²) in [4.78, 5) is 45.9. The van der Waals surface area contributed by atoms with Crippen molar-refractivity contribution >= 4 is 28.8 Å². The van der Waals surface area contributed by atoms with Gasteiger partial charge in [0.15, 0.2) is 5.69 Å². The highest BCUT2D eigenvalue weighted by Crippen LogP contribution is 2.44. The number of nitrogens with zero attached hydrogens (tertiary/aromatic N) is 2. The zero-order valence-electron chi connectivity index (χ0n) is 23.7. The number of nitrogens with one attached hydrogen (secondary N) is 4. The number of aromatic amines is 1. The molecule has 0 aliphatic heterocycles. The molecule has 5 rings (SSSR count). The number of H-pyrrole nitrogens is 1. The molecule has 0 radical (unpaired) electrons. The summed E-state index contributed by atoms with van der Waals surface area (Å²) in [7, 11) is 1.97. The first-order chi connectivity index (χ1) is 19.1. The van der Waals surface area contributed by atoms with Crippen LogP contribution in [-0.4, -0.2) is 49.6 Å². The quantitative estimate of drug-likeness (QED) is 0.258. The normalized spacial score (nSPS) is 21.5. The lowest BCUT2D eigenvalue weighted by Gasteiger charge is -2.27. The number of carboxylic acid groups (broad SMARTS) is 1. The number of carbonyl (C=O) groups excluding carboxylic acids is 2. The lowest BCUT2D eigenvalue weighted by atomic mass is 9.95. The second kappa shape index (κ2) is 11.3. The SMILES string of the molecule is Cc1[nH]c([C@@H](Cc2cn(C)c3ccccc23)NC(=O)[C@H](CC(C)C)NC(=O)N[C@H]2C[C@H]3CC[C@@H]2C3)nc1C(=O)O. The fraction of sp³-hybridized carbons (Fsp3) is 0.533. The molecular formula is C30H40N6O4. The molecule has 2 saturated carbocycles. The van der Waals surface area contributed by atoms with Crippen LogP contribution < -0.4 is 16.0 Å². The number of hydrogen-bond donors (Lipinski definition) is 5. The van der Waals surface area contributed by atoms with E-state index in [0.717, 1.165) is 29.3 Å². The first-order valence-electron chi connectivity index (χ1n) is 14.3. The molecule has 10 heteroatoms. The summed E-state index contributed by atoms with van der Waals surface area (Å²) in [5.41, 5.74) is 2.40. The molecule has 0 unspecified atom stereocenters. The minimum Gasteiger partial charge on any atom is -0.476 e. The van der Waals surface area contributed by atoms with Crippen molar-refractivity contribution in [2.24, 2.45) is 24.8 Å². The Morgan fingerprint density at radius 2 is 1.93 bits per heavy atom. The van der Waals surface area contributed by atoms with E-state index in [4.69, 9.17) is 0 Å². The summed E-state index contributed by atoms with van der Waals surface area (Å²) in [5.74, 6) is 0.307. The van der Waals surface area contributed by atoms with Crippen LogP contribution in [0.3, 0.4) is 0 Å². The van der Waals surface area contributed by atoms with E-state index in [1.54, 1.807) is 6.92 Å². The number of para-hydroxylation sites is 1. The van der Waals surface area contributed by atoms with E-state index in [1.165, 1.54) is 12.8 Å². The number of carboxylic acids is 1. The molecule has 10 nitrogen and oxygen atoms in total. The average Bonchev–Trinajstić information content (AvgIpc) is 3.67. The first kappa shape index (κ1) is 27.7. The molecule has 3 aromatic rings. The number of aryl methyl sites for hydroxylation is 2. The van der Waals surface area contributed by atoms with Gasteiger partial charge in [-0.25, -0.2) is 14.6 Å². The molecule has 5 atom stereocenters. The average molecular weight is 549 g/mol. The van der Waals surface area contributed by atoms with E-state index in [2.05, 4.69) is 25.9 Å². The Bertz CT molecular complexity index is 1410. The Morgan fingerprint density at radius 3 is 2.58 bits per heavy atom. The van der Waals surface area contributed by atoms with Crippen molar-refractivity contribution in [3.8, 4) is 0 Å². The number of hydrogen-bond acceptors (Lipinski definition) is 4. The van der Waals surface area contributed by atoms with Gasteiger partial charge in [-0.15, -0.1) is 0 Å². The molecule has 0 spiro atoms. The molecule has 2 bridgehead atoms. The third kappa shape index (κ3) is 5.85. The van der Waals surface area contributed by atoms with Crippen LogP contribution in [0.5, 0.6) is 0 Å². The van der Waals surface area contributed by atoms with E-state index in [-0.39, 0.29) is 29.6 Å². The molecule has 5 N–H and O–H groups in total. The fourth-order valence-corrected chi connectivity index (χ4v) is 6.65. The second-order valence-corrected chi connectivity index (χ2v) is 12.0. The molecule has 214 valence electrons. The maximum atomic E-state index is 13.7. The number of urea groups is 1. The van der Waals surface area contributed by atoms with Crippen molar-refractivity contribution in [1.82, 2.24) is 30.5 Å². The van der Waals surface area contributed by atoms with Gasteiger partial charge in [0.2, 0.25) is 5.91 Å². The highest BCUT2D eigenvalue weighted by molar-refractivity contribution is 5.88. The number of aromatic nitrogens is 3. The number of fused-ring (bicyclic) bond motifs is 3. The summed E-state index contributed by atoms with van der Waals surface area (Å²) >= 11 is 0. The van der Waals surface area contributed by atoms with Crippen LogP contribution in [0.2, 0.25) is 0 Å². The summed E-state index contributed by atoms with van der Waals surface area (Å²) in [5, 5.41) is 19.8. The number of rotatable bonds is 10. The Hall–Kier alpha value is -3.82. The second-order valence-electron chi connectivity index (χ2n) is 12.0. The lowest BCUT2D eigenvalue weighted by molar-refractivity contribution is -0.124. The molecule has 0 saturated heterocycles. The number of aromatic carboxylic acids is 1. The first-order valence-corrected chi connectivity index (χ1v) is 14.3. The van der Waals surface area contributed by atoms with Gasteiger partial charge in [0, 0.05) is 42.3 Å². The summed E-state index contributed by atoms with van der Waals surface area (Å²) < 4.78 is 2.03. The van der Waals surface area contributed by atoms with Gasteiger partial charge >= 0.3 is 12.0 Å². The van der Waals surface area contributed by atoms with Gasteiger partial charge in [-0.3, -0.25) is 4.79 Å². The minimum atomic E-state index is -1.13. The molecule has 2 aliphatic rings. The van der Waals surface area contributed by atoms with Crippen LogP contribution in [0.25, 0.3) is 10.9 Å². The molecule has 2 heterocycles. The van der Waals surface area contributed by atoms with Gasteiger partial charge in [-0.2, -0.15) is 0 Å². The van der Waals surface area contributed by atoms with E-state index in [0.29, 0.717) is 36.2 Å². The summed E-state index contributed by atoms with van der Waals surface area (Å²) in [6.07, 6.45) is 7.47. The highest BCUT2D eigenvalue weighted by atomic mass is 16.4. The van der Waals surface area contributed by atoms with E-state index >= 15 is 0 Å². The van der Waals surface area contributed by atoms with Crippen LogP contribution in [0.15, 0.2) is 30.5 Å². The van der Waals surface area contributed by atoms with Crippen molar-refractivity contribution in [2.75, 3.05) is 0 Å². The Kier molecular flexibility index (Phi) is 7.87. The molecular weight excluding hydrogens is 508 g/mol. The number of carbonyl (C=O) groups is 3. The van der Waals surface area contributed by atoms with E-state index < -0.39 is 18.1 Å². The van der Waals surface area contributed by atoms with Crippen LogP contribution in [-0.2, 0) is 18.3 Å². The van der Waals surface area contributed by atoms with Crippen molar-refractivity contribution in [2.45, 2.75) is 77.4 Å². The highest BCUT2D eigenvalue weighted by Gasteiger charge is 2.40. The predicted molar refractivity (Wildman–Crippen MR) is 152 cm³/mol. The van der Waals surface area contributed by atoms with Crippen LogP contribution >= 0.6 is 0 Å². The van der Waals surface area contributed by atoms with Crippen LogP contribution in [0.4, 0.5) is 4.79 Å². The lowest BCUT2D eigenvalue weighted by Crippen LogP contribution is -2.53. The van der Waals surface area contributed by atoms with Crippen molar-refractivity contribution in [3.05, 3.63) is 53.2 Å². The Balaban J connectivity index is 1.37. The van der Waals surface area contributed by atoms with Gasteiger partial charge in [0.25, 0.3) is 0 Å². The maximum absolute atomic E-state index is 13.7. The number of imidazole rings is 1. The monoisotopic (exact) mass is 548 g/mol. The van der Waals surface area contributed by atoms with Crippen molar-refractivity contribution < 1.29 is 19.5 Å². The minimum absolute atomic E-state index is 0.0748. The fourth-order valence-electron chi connectivity index (χ4n) is 6.65. The van der Waals surface area contributed by atoms with E-state index in [9.17, 15) is 19.5 Å². The topological polar surface area (TPSA) is 141 Å². The van der Waals surface area contributed by atoms with Crippen LogP contribution in [0, 0.1) is 24.7 Å². The predicted octanol–water partition coefficient (Wildman–Crippen LogP) is 4.21. The third-order valence-corrected chi connectivity index (χ3v) is 8.54. The van der Waals surface area contributed by atoms with Gasteiger partial charge in [-0.05, 0) is 62.0 Å². The van der Waals surface area contributed by atoms with Crippen molar-refractivity contribution in [1.29, 1.82) is 0 Å². The maximum Gasteiger partial charge on any atom is 0.356 e. The zero-order valence-corrected chi connectivity index (χ0v) is 23.7. The van der Waals surface area contributed by atoms with Gasteiger partial charge in [0.1, 0.15) is 11.9 Å². The van der Waals surface area contributed by atoms with Crippen LogP contribution in [0.1, 0.15) is 79.6 Å². The molecule has 1 aromatic carbocycles. The Labute approximate surface area is 234 Å². The molecule has 3 amide bonds. The Morgan fingerprint density at radius 1 is 1.15 bits per heavy atom. The van der Waals surface area contributed by atoms with Gasteiger partial charge in [0.05, 0.1) is 6.04 Å². The molecule has 2 fully saturated rings. The summed E-state index contributed by atoms with van der Waals surface area (Å²) in [6.45, 7) is 5.68. The molecule has 2 aromatic heterocycles. The largest absolute Gasteiger partial charge is 0.476 e. The van der Waals surface area contributed by atoms with Gasteiger partial charge < -0.3 is 30.6 Å². The standard InChI is InChI=1S/C30H40N6O4/c1-16(2)11-24(34-30(40)33-22-13-18-9-10-19(22)12-18)28(37)32-23(27-31-17(3)26(35-27)29(38)39)14-20-15-36(4)25-8-6-5-7-21(20)25/h5-8,15-16,18-19,22-24H,9-14H2,1-4H3,(H,31,35)(H,32,37)(H,38,39)(H2,33,34,40)/t18-,19+,22-,23+,24-/m0/s1. The number of benzene rings is 1. The van der Waals surface area contributed by atoms with E-state index in [1.807, 2.05) is 55.9 Å². The number of amides is 3. The van der Waals surface area contributed by atoms with Gasteiger partial charge in [-0.1, -0.05) is 38.5 Å². The summed E-state index contributed by atoms with van der Waals surface area (Å²) in [6, 6.07) is 6.48. The smallest absolute Gasteiger partial charge is 0.356 e.